The Bertz CT molecular complexity index is 433. The lowest BCUT2D eigenvalue weighted by molar-refractivity contribution is -0.137. The Balaban J connectivity index is 2.82. The topological polar surface area (TPSA) is 37.0 Å². The maximum absolute atomic E-state index is 12.9. The molecule has 0 saturated heterocycles. The minimum atomic E-state index is -4.37. The zero-order valence-corrected chi connectivity index (χ0v) is 12.8. The highest BCUT2D eigenvalue weighted by Crippen LogP contribution is 2.32. The van der Waals surface area contributed by atoms with Gasteiger partial charge in [0.25, 0.3) is 0 Å². The second kappa shape index (κ2) is 8.10. The maximum atomic E-state index is 12.9. The Kier molecular flexibility index (Phi) is 6.78. The Morgan fingerprint density at radius 3 is 2.38 bits per heavy atom. The van der Waals surface area contributed by atoms with Gasteiger partial charge in [-0.1, -0.05) is 26.2 Å². The molecular weight excluding hydrogens is 279 g/mol. The number of hydrogen-bond donors (Lipinski definition) is 2. The summed E-state index contributed by atoms with van der Waals surface area (Å²) in [5.74, 6) is 0.514. The molecule has 0 amide bonds. The molecule has 21 heavy (non-hydrogen) atoms. The maximum Gasteiger partial charge on any atom is 0.416 e. The van der Waals surface area contributed by atoms with Gasteiger partial charge in [-0.25, -0.2) is 4.98 Å². The van der Waals surface area contributed by atoms with Crippen LogP contribution in [0.1, 0.15) is 52.0 Å². The van der Waals surface area contributed by atoms with Gasteiger partial charge in [-0.15, -0.1) is 0 Å². The van der Waals surface area contributed by atoms with Crippen LogP contribution < -0.4 is 10.6 Å². The molecular formula is C15H24F3N3. The fourth-order valence-corrected chi connectivity index (χ4v) is 2.07. The average Bonchev–Trinajstić information content (AvgIpc) is 2.38. The monoisotopic (exact) mass is 303 g/mol. The van der Waals surface area contributed by atoms with E-state index >= 15 is 0 Å². The molecule has 0 aromatic carbocycles. The molecule has 1 unspecified atom stereocenters. The molecule has 0 aliphatic rings. The van der Waals surface area contributed by atoms with Gasteiger partial charge in [-0.2, -0.15) is 13.2 Å². The summed E-state index contributed by atoms with van der Waals surface area (Å²) in [6.45, 7) is 6.43. The van der Waals surface area contributed by atoms with Crippen LogP contribution in [-0.2, 0) is 6.18 Å². The van der Waals surface area contributed by atoms with Crippen LogP contribution in [0.25, 0.3) is 0 Å². The van der Waals surface area contributed by atoms with E-state index in [4.69, 9.17) is 0 Å². The van der Waals surface area contributed by atoms with E-state index in [1.807, 2.05) is 13.8 Å². The van der Waals surface area contributed by atoms with Crippen molar-refractivity contribution in [3.05, 3.63) is 17.7 Å². The Morgan fingerprint density at radius 1 is 1.14 bits per heavy atom. The number of nitrogens with zero attached hydrogens (tertiary/aromatic N) is 1. The lowest BCUT2D eigenvalue weighted by Crippen LogP contribution is -2.17. The third-order valence-electron chi connectivity index (χ3n) is 3.15. The molecule has 2 N–H and O–H groups in total. The van der Waals surface area contributed by atoms with Crippen LogP contribution in [0.2, 0.25) is 0 Å². The van der Waals surface area contributed by atoms with Crippen LogP contribution in [0, 0.1) is 0 Å². The van der Waals surface area contributed by atoms with Crippen LogP contribution >= 0.6 is 0 Å². The fraction of sp³-hybridized carbons (Fsp3) is 0.667. The molecule has 0 spiro atoms. The molecule has 120 valence electrons. The van der Waals surface area contributed by atoms with Gasteiger partial charge in [-0.05, 0) is 32.4 Å². The molecule has 0 aliphatic carbocycles. The van der Waals surface area contributed by atoms with Crippen molar-refractivity contribution in [1.29, 1.82) is 0 Å². The van der Waals surface area contributed by atoms with Gasteiger partial charge in [-0.3, -0.25) is 0 Å². The molecule has 0 aliphatic heterocycles. The number of rotatable bonds is 8. The zero-order valence-electron chi connectivity index (χ0n) is 12.8. The van der Waals surface area contributed by atoms with Gasteiger partial charge in [0.15, 0.2) is 0 Å². The van der Waals surface area contributed by atoms with E-state index in [0.29, 0.717) is 6.54 Å². The van der Waals surface area contributed by atoms with Gasteiger partial charge >= 0.3 is 6.18 Å². The molecule has 1 aromatic heterocycles. The SMILES string of the molecule is CCCCCC(C)Nc1cc(C(F)(F)F)cc(NCC)n1. The molecule has 6 heteroatoms. The van der Waals surface area contributed by atoms with Crippen LogP contribution in [0.4, 0.5) is 24.8 Å². The smallest absolute Gasteiger partial charge is 0.370 e. The number of unbranched alkanes of at least 4 members (excludes halogenated alkanes) is 2. The molecule has 1 atom stereocenters. The second-order valence-electron chi connectivity index (χ2n) is 5.20. The quantitative estimate of drug-likeness (QED) is 0.670. The number of alkyl halides is 3. The molecule has 0 radical (unpaired) electrons. The van der Waals surface area contributed by atoms with E-state index in [1.165, 1.54) is 0 Å². The summed E-state index contributed by atoms with van der Waals surface area (Å²) in [6.07, 6.45) is -0.134. The van der Waals surface area contributed by atoms with Crippen molar-refractivity contribution in [1.82, 2.24) is 4.98 Å². The predicted molar refractivity (Wildman–Crippen MR) is 80.6 cm³/mol. The van der Waals surface area contributed by atoms with E-state index in [0.717, 1.165) is 37.8 Å². The first kappa shape index (κ1) is 17.6. The van der Waals surface area contributed by atoms with Gasteiger partial charge in [0.1, 0.15) is 11.6 Å². The van der Waals surface area contributed by atoms with Gasteiger partial charge in [0.05, 0.1) is 5.56 Å². The number of anilines is 2. The Morgan fingerprint density at radius 2 is 1.81 bits per heavy atom. The number of nitrogens with one attached hydrogen (secondary N) is 2. The molecule has 3 nitrogen and oxygen atoms in total. The Hall–Kier alpha value is -1.46. The normalized spacial score (nSPS) is 13.0. The largest absolute Gasteiger partial charge is 0.416 e. The second-order valence-corrected chi connectivity index (χ2v) is 5.20. The first-order valence-corrected chi connectivity index (χ1v) is 7.46. The summed E-state index contributed by atoms with van der Waals surface area (Å²) in [5.41, 5.74) is -0.684. The van der Waals surface area contributed by atoms with E-state index < -0.39 is 11.7 Å². The molecule has 0 saturated carbocycles. The lowest BCUT2D eigenvalue weighted by atomic mass is 10.1. The number of aromatic nitrogens is 1. The predicted octanol–water partition coefficient (Wildman–Crippen LogP) is 4.91. The molecule has 0 bridgehead atoms. The van der Waals surface area contributed by atoms with Gasteiger partial charge in [0.2, 0.25) is 0 Å². The highest BCUT2D eigenvalue weighted by molar-refractivity contribution is 5.50. The molecule has 1 heterocycles. The summed E-state index contributed by atoms with van der Waals surface area (Å²) < 4.78 is 38.7. The fourth-order valence-electron chi connectivity index (χ4n) is 2.07. The standard InChI is InChI=1S/C15H24F3N3/c1-4-6-7-8-11(3)20-14-10-12(15(16,17)18)9-13(21-14)19-5-2/h9-11H,4-8H2,1-3H3,(H2,19,20,21). The molecule has 1 rings (SSSR count). The van der Waals surface area contributed by atoms with Crippen LogP contribution in [0.15, 0.2) is 12.1 Å². The summed E-state index contributed by atoms with van der Waals surface area (Å²) in [6, 6.07) is 2.20. The number of halogens is 3. The van der Waals surface area contributed by atoms with Crippen molar-refractivity contribution in [2.45, 2.75) is 58.7 Å². The Labute approximate surface area is 124 Å². The number of hydrogen-bond acceptors (Lipinski definition) is 3. The molecule has 0 fully saturated rings. The van der Waals surface area contributed by atoms with E-state index in [1.54, 1.807) is 0 Å². The summed E-state index contributed by atoms with van der Waals surface area (Å²) in [4.78, 5) is 4.18. The summed E-state index contributed by atoms with van der Waals surface area (Å²) in [7, 11) is 0. The highest BCUT2D eigenvalue weighted by atomic mass is 19.4. The summed E-state index contributed by atoms with van der Waals surface area (Å²) >= 11 is 0. The van der Waals surface area contributed by atoms with E-state index in [-0.39, 0.29) is 17.7 Å². The van der Waals surface area contributed by atoms with Gasteiger partial charge < -0.3 is 10.6 Å². The van der Waals surface area contributed by atoms with Crippen molar-refractivity contribution in [3.63, 3.8) is 0 Å². The van der Waals surface area contributed by atoms with Gasteiger partial charge in [0, 0.05) is 12.6 Å². The summed E-state index contributed by atoms with van der Waals surface area (Å²) in [5, 5.41) is 5.90. The van der Waals surface area contributed by atoms with Crippen molar-refractivity contribution < 1.29 is 13.2 Å². The third-order valence-corrected chi connectivity index (χ3v) is 3.15. The van der Waals surface area contributed by atoms with E-state index in [2.05, 4.69) is 22.5 Å². The van der Waals surface area contributed by atoms with Crippen LogP contribution in [-0.4, -0.2) is 17.6 Å². The van der Waals surface area contributed by atoms with E-state index in [9.17, 15) is 13.2 Å². The average molecular weight is 303 g/mol. The van der Waals surface area contributed by atoms with Crippen molar-refractivity contribution in [2.75, 3.05) is 17.2 Å². The highest BCUT2D eigenvalue weighted by Gasteiger charge is 2.31. The minimum absolute atomic E-state index is 0.0991. The molecule has 1 aromatic rings. The van der Waals surface area contributed by atoms with Crippen LogP contribution in [0.5, 0.6) is 0 Å². The lowest BCUT2D eigenvalue weighted by Gasteiger charge is -2.17. The van der Waals surface area contributed by atoms with Crippen molar-refractivity contribution >= 4 is 11.6 Å². The van der Waals surface area contributed by atoms with Crippen molar-refractivity contribution in [3.8, 4) is 0 Å². The van der Waals surface area contributed by atoms with Crippen LogP contribution in [0.3, 0.4) is 0 Å². The number of pyridine rings is 1. The third kappa shape index (κ3) is 6.23. The first-order chi connectivity index (χ1) is 9.86. The minimum Gasteiger partial charge on any atom is -0.370 e. The first-order valence-electron chi connectivity index (χ1n) is 7.46. The zero-order chi connectivity index (χ0) is 15.9. The van der Waals surface area contributed by atoms with Crippen molar-refractivity contribution in [2.24, 2.45) is 0 Å².